The summed E-state index contributed by atoms with van der Waals surface area (Å²) in [4.78, 5) is 0. The number of hydrogen-bond acceptors (Lipinski definition) is 0. The Bertz CT molecular complexity index is 220. The molecule has 0 bridgehead atoms. The summed E-state index contributed by atoms with van der Waals surface area (Å²) in [6.07, 6.45) is -17.7. The summed E-state index contributed by atoms with van der Waals surface area (Å²) < 4.78 is 118. The van der Waals surface area contributed by atoms with Gasteiger partial charge in [-0.2, -0.15) is 43.9 Å². The Morgan fingerprint density at radius 2 is 0.706 bits per heavy atom. The average Bonchev–Trinajstić information content (AvgIpc) is 1.98. The zero-order chi connectivity index (χ0) is 14.1. The smallest absolute Gasteiger partial charge is 0.196 e. The molecule has 0 aliphatic heterocycles. The highest BCUT2D eigenvalue weighted by Crippen LogP contribution is 2.43. The van der Waals surface area contributed by atoms with Crippen LogP contribution in [0.15, 0.2) is 0 Å². The van der Waals surface area contributed by atoms with Crippen molar-refractivity contribution in [3.05, 3.63) is 0 Å². The maximum atomic E-state index is 12.2. The molecule has 0 aromatic carbocycles. The van der Waals surface area contributed by atoms with Gasteiger partial charge >= 0.3 is 24.2 Å². The Kier molecular flexibility index (Phi) is 4.34. The minimum absolute atomic E-state index is 1.60. The van der Waals surface area contributed by atoms with Crippen LogP contribution in [0, 0.1) is 0 Å². The predicted molar refractivity (Wildman–Crippen MR) is 35.9 cm³/mol. The summed E-state index contributed by atoms with van der Waals surface area (Å²) in [5, 5.41) is 0. The molecule has 0 nitrogen and oxygen atoms in total. The van der Waals surface area contributed by atoms with Crippen LogP contribution in [0.1, 0.15) is 19.3 Å². The molecule has 0 heterocycles. The fourth-order valence-electron chi connectivity index (χ4n) is 0.816. The summed E-state index contributed by atoms with van der Waals surface area (Å²) in [6, 6.07) is 0. The third-order valence-electron chi connectivity index (χ3n) is 1.81. The predicted octanol–water partition coefficient (Wildman–Crippen LogP) is 4.55. The van der Waals surface area contributed by atoms with Gasteiger partial charge in [-0.1, -0.05) is 0 Å². The van der Waals surface area contributed by atoms with E-state index < -0.39 is 43.5 Å². The van der Waals surface area contributed by atoms with Crippen molar-refractivity contribution in [2.24, 2.45) is 0 Å². The standard InChI is InChI=1S/C7H6F10/c8-4(9,6(12,13)14)2-1-3-5(10,11)7(15,16)17/h1-3H2. The Morgan fingerprint density at radius 1 is 0.471 bits per heavy atom. The Balaban J connectivity index is 4.36. The van der Waals surface area contributed by atoms with Crippen molar-refractivity contribution in [3.63, 3.8) is 0 Å². The number of hydrogen-bond donors (Lipinski definition) is 0. The van der Waals surface area contributed by atoms with Gasteiger partial charge in [-0.25, -0.2) is 0 Å². The molecule has 0 aliphatic rings. The van der Waals surface area contributed by atoms with E-state index in [1.165, 1.54) is 0 Å². The van der Waals surface area contributed by atoms with Crippen molar-refractivity contribution >= 4 is 0 Å². The number of halogens is 10. The van der Waals surface area contributed by atoms with E-state index in [1.807, 2.05) is 0 Å². The number of rotatable bonds is 4. The SMILES string of the molecule is FC(F)(F)C(F)(F)CCCC(F)(F)C(F)(F)F. The zero-order valence-electron chi connectivity index (χ0n) is 7.90. The lowest BCUT2D eigenvalue weighted by atomic mass is 10.1. The molecule has 0 fully saturated rings. The molecular formula is C7H6F10. The van der Waals surface area contributed by atoms with Crippen LogP contribution in [0.5, 0.6) is 0 Å². The van der Waals surface area contributed by atoms with E-state index in [0.29, 0.717) is 0 Å². The van der Waals surface area contributed by atoms with Gasteiger partial charge < -0.3 is 0 Å². The minimum Gasteiger partial charge on any atom is -0.196 e. The van der Waals surface area contributed by atoms with Crippen molar-refractivity contribution < 1.29 is 43.9 Å². The van der Waals surface area contributed by atoms with Crippen LogP contribution in [0.2, 0.25) is 0 Å². The second-order valence-corrected chi connectivity index (χ2v) is 3.26. The second-order valence-electron chi connectivity index (χ2n) is 3.26. The van der Waals surface area contributed by atoms with Crippen LogP contribution >= 0.6 is 0 Å². The zero-order valence-corrected chi connectivity index (χ0v) is 7.90. The Labute approximate surface area is 88.6 Å². The highest BCUT2D eigenvalue weighted by Gasteiger charge is 2.59. The molecular weight excluding hydrogens is 274 g/mol. The first-order valence-corrected chi connectivity index (χ1v) is 4.10. The maximum Gasteiger partial charge on any atom is 0.453 e. The van der Waals surface area contributed by atoms with Gasteiger partial charge in [0.1, 0.15) is 0 Å². The Hall–Kier alpha value is -0.700. The third kappa shape index (κ3) is 4.23. The van der Waals surface area contributed by atoms with Crippen LogP contribution in [0.25, 0.3) is 0 Å². The number of alkyl halides is 10. The largest absolute Gasteiger partial charge is 0.453 e. The van der Waals surface area contributed by atoms with Gasteiger partial charge in [-0.05, 0) is 6.42 Å². The molecule has 10 heteroatoms. The van der Waals surface area contributed by atoms with Gasteiger partial charge in [-0.3, -0.25) is 0 Å². The van der Waals surface area contributed by atoms with Crippen molar-refractivity contribution in [1.29, 1.82) is 0 Å². The molecule has 0 atom stereocenters. The van der Waals surface area contributed by atoms with E-state index in [1.54, 1.807) is 0 Å². The summed E-state index contributed by atoms with van der Waals surface area (Å²) in [7, 11) is 0. The molecule has 0 amide bonds. The van der Waals surface area contributed by atoms with Crippen molar-refractivity contribution in [3.8, 4) is 0 Å². The monoisotopic (exact) mass is 280 g/mol. The van der Waals surface area contributed by atoms with E-state index in [4.69, 9.17) is 0 Å². The molecule has 0 aromatic heterocycles. The van der Waals surface area contributed by atoms with E-state index >= 15 is 0 Å². The van der Waals surface area contributed by atoms with Crippen LogP contribution in [-0.2, 0) is 0 Å². The quantitative estimate of drug-likeness (QED) is 0.662. The molecule has 0 aliphatic carbocycles. The first-order chi connectivity index (χ1) is 7.21. The first kappa shape index (κ1) is 16.3. The lowest BCUT2D eigenvalue weighted by Gasteiger charge is -2.22. The van der Waals surface area contributed by atoms with Gasteiger partial charge in [0, 0.05) is 12.8 Å². The molecule has 17 heavy (non-hydrogen) atoms. The van der Waals surface area contributed by atoms with Crippen LogP contribution < -0.4 is 0 Å². The highest BCUT2D eigenvalue weighted by atomic mass is 19.4. The molecule has 0 saturated heterocycles. The summed E-state index contributed by atoms with van der Waals surface area (Å²) in [6.45, 7) is 0. The molecule has 0 aromatic rings. The van der Waals surface area contributed by atoms with Crippen molar-refractivity contribution in [1.82, 2.24) is 0 Å². The van der Waals surface area contributed by atoms with Gasteiger partial charge in [0.2, 0.25) is 0 Å². The molecule has 0 N–H and O–H groups in total. The average molecular weight is 280 g/mol. The third-order valence-corrected chi connectivity index (χ3v) is 1.81. The molecule has 0 unspecified atom stereocenters. The van der Waals surface area contributed by atoms with E-state index in [0.717, 1.165) is 0 Å². The van der Waals surface area contributed by atoms with Gasteiger partial charge in [-0.15, -0.1) is 0 Å². The summed E-state index contributed by atoms with van der Waals surface area (Å²) in [5.41, 5.74) is 0. The fraction of sp³-hybridized carbons (Fsp3) is 1.00. The van der Waals surface area contributed by atoms with Gasteiger partial charge in [0.05, 0.1) is 0 Å². The molecule has 0 radical (unpaired) electrons. The van der Waals surface area contributed by atoms with E-state index in [9.17, 15) is 43.9 Å². The van der Waals surface area contributed by atoms with Crippen molar-refractivity contribution in [2.75, 3.05) is 0 Å². The second kappa shape index (κ2) is 4.52. The first-order valence-electron chi connectivity index (χ1n) is 4.10. The van der Waals surface area contributed by atoms with E-state index in [-0.39, 0.29) is 0 Å². The lowest BCUT2D eigenvalue weighted by molar-refractivity contribution is -0.295. The topological polar surface area (TPSA) is 0 Å². The van der Waals surface area contributed by atoms with E-state index in [2.05, 4.69) is 0 Å². The summed E-state index contributed by atoms with van der Waals surface area (Å²) >= 11 is 0. The normalized spacial score (nSPS) is 15.2. The van der Waals surface area contributed by atoms with Gasteiger partial charge in [0.15, 0.2) is 0 Å². The van der Waals surface area contributed by atoms with Crippen LogP contribution in [0.4, 0.5) is 43.9 Å². The van der Waals surface area contributed by atoms with Crippen LogP contribution in [-0.4, -0.2) is 24.2 Å². The van der Waals surface area contributed by atoms with Gasteiger partial charge in [0.25, 0.3) is 0 Å². The maximum absolute atomic E-state index is 12.2. The fourth-order valence-corrected chi connectivity index (χ4v) is 0.816. The molecule has 104 valence electrons. The minimum atomic E-state index is -5.96. The molecule has 0 spiro atoms. The van der Waals surface area contributed by atoms with Crippen LogP contribution in [0.3, 0.4) is 0 Å². The molecule has 0 saturated carbocycles. The Morgan fingerprint density at radius 3 is 0.882 bits per heavy atom. The van der Waals surface area contributed by atoms with Crippen molar-refractivity contribution in [2.45, 2.75) is 43.5 Å². The lowest BCUT2D eigenvalue weighted by Crippen LogP contribution is -2.39. The molecule has 0 rings (SSSR count). The summed E-state index contributed by atoms with van der Waals surface area (Å²) in [5.74, 6) is -10.5. The highest BCUT2D eigenvalue weighted by molar-refractivity contribution is 4.80.